The summed E-state index contributed by atoms with van der Waals surface area (Å²) < 4.78 is 18.8. The van der Waals surface area contributed by atoms with Crippen LogP contribution in [0.1, 0.15) is 5.56 Å². The van der Waals surface area contributed by atoms with Crippen LogP contribution in [0, 0.1) is 5.82 Å². The van der Waals surface area contributed by atoms with Gasteiger partial charge in [-0.15, -0.1) is 0 Å². The van der Waals surface area contributed by atoms with E-state index in [4.69, 9.17) is 4.74 Å². The van der Waals surface area contributed by atoms with Crippen molar-refractivity contribution < 1.29 is 14.0 Å². The normalized spacial score (nSPS) is 10.3. The standard InChI is InChI=1S/C9H11BrFNO2/c1-13-9-7(10)3-6(4-8(9)11)5-12-14-2/h3-4,12H,5H2,1-2H3. The largest absolute Gasteiger partial charge is 0.492 e. The lowest BCUT2D eigenvalue weighted by atomic mass is 10.2. The van der Waals surface area contributed by atoms with Crippen LogP contribution >= 0.6 is 15.9 Å². The number of rotatable bonds is 4. The second-order valence-electron chi connectivity index (χ2n) is 2.62. The van der Waals surface area contributed by atoms with Crippen LogP contribution in [0.3, 0.4) is 0 Å². The third-order valence-corrected chi connectivity index (χ3v) is 2.27. The Morgan fingerprint density at radius 3 is 2.64 bits per heavy atom. The second kappa shape index (κ2) is 5.29. The molecule has 0 heterocycles. The average Bonchev–Trinajstić information content (AvgIpc) is 2.14. The smallest absolute Gasteiger partial charge is 0.168 e. The lowest BCUT2D eigenvalue weighted by Crippen LogP contribution is -2.11. The van der Waals surface area contributed by atoms with Crippen LogP contribution < -0.4 is 10.2 Å². The molecule has 78 valence electrons. The molecule has 3 nitrogen and oxygen atoms in total. The summed E-state index contributed by atoms with van der Waals surface area (Å²) in [5.41, 5.74) is 3.40. The highest BCUT2D eigenvalue weighted by molar-refractivity contribution is 9.10. The first kappa shape index (κ1) is 11.4. The maximum absolute atomic E-state index is 13.3. The van der Waals surface area contributed by atoms with E-state index in [-0.39, 0.29) is 5.75 Å². The number of hydroxylamine groups is 1. The summed E-state index contributed by atoms with van der Waals surface area (Å²) in [6, 6.07) is 3.17. The summed E-state index contributed by atoms with van der Waals surface area (Å²) >= 11 is 3.22. The van der Waals surface area contributed by atoms with Crippen molar-refractivity contribution >= 4 is 15.9 Å². The number of methoxy groups -OCH3 is 1. The number of halogens is 2. The maximum Gasteiger partial charge on any atom is 0.168 e. The maximum atomic E-state index is 13.3. The number of hydrogen-bond donors (Lipinski definition) is 1. The molecule has 1 N–H and O–H groups in total. The predicted molar refractivity (Wildman–Crippen MR) is 54.5 cm³/mol. The van der Waals surface area contributed by atoms with Gasteiger partial charge in [0.05, 0.1) is 18.7 Å². The zero-order valence-electron chi connectivity index (χ0n) is 7.93. The molecule has 1 aromatic rings. The van der Waals surface area contributed by atoms with Crippen molar-refractivity contribution in [3.05, 3.63) is 28.0 Å². The summed E-state index contributed by atoms with van der Waals surface area (Å²) in [4.78, 5) is 4.66. The molecule has 0 spiro atoms. The third kappa shape index (κ3) is 2.67. The van der Waals surface area contributed by atoms with Crippen LogP contribution in [-0.2, 0) is 11.4 Å². The minimum absolute atomic E-state index is 0.214. The Balaban J connectivity index is 2.90. The van der Waals surface area contributed by atoms with E-state index in [0.29, 0.717) is 11.0 Å². The quantitative estimate of drug-likeness (QED) is 0.846. The first-order chi connectivity index (χ1) is 6.69. The summed E-state index contributed by atoms with van der Waals surface area (Å²) in [6.07, 6.45) is 0. The van der Waals surface area contributed by atoms with E-state index in [1.165, 1.54) is 20.3 Å². The van der Waals surface area contributed by atoms with E-state index < -0.39 is 5.82 Å². The minimum Gasteiger partial charge on any atom is -0.492 e. The SMILES string of the molecule is CONCc1cc(F)c(OC)c(Br)c1. The molecule has 0 aliphatic rings. The van der Waals surface area contributed by atoms with Gasteiger partial charge in [-0.05, 0) is 33.6 Å². The molecular weight excluding hydrogens is 253 g/mol. The van der Waals surface area contributed by atoms with Crippen LogP contribution in [0.2, 0.25) is 0 Å². The van der Waals surface area contributed by atoms with Crippen molar-refractivity contribution in [2.75, 3.05) is 14.2 Å². The zero-order valence-corrected chi connectivity index (χ0v) is 9.52. The molecule has 0 aliphatic carbocycles. The van der Waals surface area contributed by atoms with Crippen molar-refractivity contribution in [1.29, 1.82) is 0 Å². The fourth-order valence-corrected chi connectivity index (χ4v) is 1.71. The van der Waals surface area contributed by atoms with E-state index in [1.54, 1.807) is 6.07 Å². The highest BCUT2D eigenvalue weighted by Gasteiger charge is 2.08. The summed E-state index contributed by atoms with van der Waals surface area (Å²) in [5, 5.41) is 0. The van der Waals surface area contributed by atoms with Crippen molar-refractivity contribution in [2.24, 2.45) is 0 Å². The number of ether oxygens (including phenoxy) is 1. The van der Waals surface area contributed by atoms with Gasteiger partial charge in [0.1, 0.15) is 0 Å². The fraction of sp³-hybridized carbons (Fsp3) is 0.333. The Kier molecular flexibility index (Phi) is 4.31. The lowest BCUT2D eigenvalue weighted by Gasteiger charge is -2.08. The van der Waals surface area contributed by atoms with Gasteiger partial charge in [-0.1, -0.05) is 0 Å². The number of hydrogen-bond acceptors (Lipinski definition) is 3. The van der Waals surface area contributed by atoms with E-state index >= 15 is 0 Å². The molecule has 0 fully saturated rings. The molecule has 0 atom stereocenters. The van der Waals surface area contributed by atoms with Gasteiger partial charge in [-0.3, -0.25) is 0 Å². The van der Waals surface area contributed by atoms with Crippen molar-refractivity contribution in [2.45, 2.75) is 6.54 Å². The first-order valence-electron chi connectivity index (χ1n) is 3.96. The number of benzene rings is 1. The lowest BCUT2D eigenvalue weighted by molar-refractivity contribution is 0.0866. The van der Waals surface area contributed by atoms with Gasteiger partial charge in [-0.2, -0.15) is 5.48 Å². The van der Waals surface area contributed by atoms with Gasteiger partial charge in [0.15, 0.2) is 11.6 Å². The molecule has 0 aromatic heterocycles. The topological polar surface area (TPSA) is 30.5 Å². The van der Waals surface area contributed by atoms with Crippen LogP contribution in [0.25, 0.3) is 0 Å². The average molecular weight is 264 g/mol. The van der Waals surface area contributed by atoms with Gasteiger partial charge in [0, 0.05) is 6.54 Å². The molecule has 0 saturated heterocycles. The van der Waals surface area contributed by atoms with Crippen LogP contribution in [0.5, 0.6) is 5.75 Å². The summed E-state index contributed by atoms with van der Waals surface area (Å²) in [6.45, 7) is 0.440. The van der Waals surface area contributed by atoms with E-state index in [1.807, 2.05) is 0 Å². The molecule has 0 saturated carbocycles. The van der Waals surface area contributed by atoms with Crippen LogP contribution in [0.4, 0.5) is 4.39 Å². The van der Waals surface area contributed by atoms with E-state index in [0.717, 1.165) is 5.56 Å². The van der Waals surface area contributed by atoms with E-state index in [9.17, 15) is 4.39 Å². The van der Waals surface area contributed by atoms with Gasteiger partial charge in [-0.25, -0.2) is 4.39 Å². The van der Waals surface area contributed by atoms with Crippen LogP contribution in [-0.4, -0.2) is 14.2 Å². The Bertz CT molecular complexity index is 297. The van der Waals surface area contributed by atoms with Crippen molar-refractivity contribution in [1.82, 2.24) is 5.48 Å². The summed E-state index contributed by atoms with van der Waals surface area (Å²) in [7, 11) is 2.94. The van der Waals surface area contributed by atoms with Gasteiger partial charge >= 0.3 is 0 Å². The first-order valence-corrected chi connectivity index (χ1v) is 4.76. The Hall–Kier alpha value is -0.650. The van der Waals surface area contributed by atoms with Crippen molar-refractivity contribution in [3.8, 4) is 5.75 Å². The number of nitrogens with one attached hydrogen (secondary N) is 1. The van der Waals surface area contributed by atoms with Crippen LogP contribution in [0.15, 0.2) is 16.6 Å². The predicted octanol–water partition coefficient (Wildman–Crippen LogP) is 2.25. The molecule has 0 amide bonds. The van der Waals surface area contributed by atoms with Gasteiger partial charge in [0.25, 0.3) is 0 Å². The Labute approximate surface area is 90.3 Å². The molecule has 14 heavy (non-hydrogen) atoms. The molecule has 1 aromatic carbocycles. The van der Waals surface area contributed by atoms with E-state index in [2.05, 4.69) is 26.2 Å². The monoisotopic (exact) mass is 263 g/mol. The molecule has 5 heteroatoms. The highest BCUT2D eigenvalue weighted by atomic mass is 79.9. The Morgan fingerprint density at radius 2 is 2.14 bits per heavy atom. The molecular formula is C9H11BrFNO2. The zero-order chi connectivity index (χ0) is 10.6. The fourth-order valence-electron chi connectivity index (χ4n) is 1.06. The molecule has 0 aliphatic heterocycles. The van der Waals surface area contributed by atoms with Crippen molar-refractivity contribution in [3.63, 3.8) is 0 Å². The summed E-state index contributed by atoms with van der Waals surface area (Å²) in [5.74, 6) is -0.180. The minimum atomic E-state index is -0.394. The Morgan fingerprint density at radius 1 is 1.43 bits per heavy atom. The third-order valence-electron chi connectivity index (χ3n) is 1.68. The molecule has 1 rings (SSSR count). The highest BCUT2D eigenvalue weighted by Crippen LogP contribution is 2.29. The second-order valence-corrected chi connectivity index (χ2v) is 3.47. The van der Waals surface area contributed by atoms with Gasteiger partial charge in [0.2, 0.25) is 0 Å². The van der Waals surface area contributed by atoms with Gasteiger partial charge < -0.3 is 9.57 Å². The molecule has 0 radical (unpaired) electrons. The molecule has 0 unspecified atom stereocenters. The molecule has 0 bridgehead atoms.